The Kier molecular flexibility index (Phi) is 4.42. The number of hydrogen-bond donors (Lipinski definition) is 0. The van der Waals surface area contributed by atoms with Gasteiger partial charge in [-0.15, -0.1) is 0 Å². The van der Waals surface area contributed by atoms with Gasteiger partial charge in [0, 0.05) is 39.4 Å². The Labute approximate surface area is 116 Å². The van der Waals surface area contributed by atoms with Crippen molar-refractivity contribution >= 4 is 0 Å². The standard InChI is InChI=1S/C13H20N2O5/c1-8-6-15(13(17)14(2)12(8)16)11-5-9(19-4)10(20-11)7-18-3/h6,9-11H,5,7H2,1-4H3/t9-,10+,11+/m0/s1. The summed E-state index contributed by atoms with van der Waals surface area (Å²) >= 11 is 0. The largest absolute Gasteiger partial charge is 0.382 e. The van der Waals surface area contributed by atoms with Gasteiger partial charge in [0.25, 0.3) is 5.56 Å². The molecule has 7 nitrogen and oxygen atoms in total. The monoisotopic (exact) mass is 284 g/mol. The third-order valence-electron chi connectivity index (χ3n) is 3.61. The molecular formula is C13H20N2O5. The summed E-state index contributed by atoms with van der Waals surface area (Å²) in [6, 6.07) is 0. The Hall–Kier alpha value is -1.44. The van der Waals surface area contributed by atoms with E-state index in [1.54, 1.807) is 21.1 Å². The van der Waals surface area contributed by atoms with Crippen LogP contribution in [0.4, 0.5) is 0 Å². The van der Waals surface area contributed by atoms with Crippen LogP contribution in [-0.2, 0) is 21.3 Å². The lowest BCUT2D eigenvalue weighted by atomic mass is 10.2. The van der Waals surface area contributed by atoms with E-state index in [1.165, 1.54) is 17.8 Å². The van der Waals surface area contributed by atoms with Gasteiger partial charge in [-0.25, -0.2) is 4.79 Å². The van der Waals surface area contributed by atoms with Gasteiger partial charge in [-0.2, -0.15) is 0 Å². The summed E-state index contributed by atoms with van der Waals surface area (Å²) in [5, 5.41) is 0. The molecule has 1 aliphatic rings. The van der Waals surface area contributed by atoms with E-state index in [1.807, 2.05) is 0 Å². The molecule has 0 bridgehead atoms. The van der Waals surface area contributed by atoms with Crippen molar-refractivity contribution in [3.63, 3.8) is 0 Å². The molecule has 0 aliphatic carbocycles. The van der Waals surface area contributed by atoms with Crippen LogP contribution in [0.3, 0.4) is 0 Å². The molecule has 0 saturated carbocycles. The average Bonchev–Trinajstić information content (AvgIpc) is 2.84. The quantitative estimate of drug-likeness (QED) is 0.766. The van der Waals surface area contributed by atoms with Crippen molar-refractivity contribution < 1.29 is 14.2 Å². The number of aryl methyl sites for hydroxylation is 1. The smallest absolute Gasteiger partial charge is 0.332 e. The molecule has 1 saturated heterocycles. The highest BCUT2D eigenvalue weighted by atomic mass is 16.6. The predicted molar refractivity (Wildman–Crippen MR) is 71.9 cm³/mol. The highest BCUT2D eigenvalue weighted by Gasteiger charge is 2.37. The van der Waals surface area contributed by atoms with Crippen molar-refractivity contribution in [1.29, 1.82) is 0 Å². The molecule has 7 heteroatoms. The van der Waals surface area contributed by atoms with Crippen LogP contribution in [-0.4, -0.2) is 42.2 Å². The minimum absolute atomic E-state index is 0.135. The van der Waals surface area contributed by atoms with Crippen LogP contribution in [0.25, 0.3) is 0 Å². The highest BCUT2D eigenvalue weighted by molar-refractivity contribution is 5.03. The first-order valence-electron chi connectivity index (χ1n) is 6.45. The molecule has 1 aromatic heterocycles. The fourth-order valence-electron chi connectivity index (χ4n) is 2.48. The normalized spacial score (nSPS) is 26.1. The Morgan fingerprint density at radius 3 is 2.70 bits per heavy atom. The fourth-order valence-corrected chi connectivity index (χ4v) is 2.48. The maximum absolute atomic E-state index is 12.2. The minimum Gasteiger partial charge on any atom is -0.382 e. The van der Waals surface area contributed by atoms with Gasteiger partial charge in [0.2, 0.25) is 0 Å². The summed E-state index contributed by atoms with van der Waals surface area (Å²) < 4.78 is 18.8. The molecule has 112 valence electrons. The van der Waals surface area contributed by atoms with Gasteiger partial charge < -0.3 is 14.2 Å². The third kappa shape index (κ3) is 2.56. The minimum atomic E-state index is -0.446. The molecule has 1 aliphatic heterocycles. The van der Waals surface area contributed by atoms with Crippen LogP contribution in [0.1, 0.15) is 18.2 Å². The molecule has 2 rings (SSSR count). The maximum atomic E-state index is 12.2. The first-order valence-corrected chi connectivity index (χ1v) is 6.45. The molecule has 2 heterocycles. The van der Waals surface area contributed by atoms with Crippen molar-refractivity contribution in [2.45, 2.75) is 31.8 Å². The lowest BCUT2D eigenvalue weighted by molar-refractivity contribution is -0.0621. The third-order valence-corrected chi connectivity index (χ3v) is 3.61. The van der Waals surface area contributed by atoms with Crippen molar-refractivity contribution in [1.82, 2.24) is 9.13 Å². The lowest BCUT2D eigenvalue weighted by Crippen LogP contribution is -2.40. The second-order valence-corrected chi connectivity index (χ2v) is 4.96. The van der Waals surface area contributed by atoms with Crippen molar-refractivity contribution in [3.8, 4) is 0 Å². The number of ether oxygens (including phenoxy) is 3. The Bertz CT molecular complexity index is 591. The summed E-state index contributed by atoms with van der Waals surface area (Å²) in [6.07, 6.45) is 1.28. The molecule has 1 aromatic rings. The number of methoxy groups -OCH3 is 2. The van der Waals surface area contributed by atoms with Gasteiger partial charge in [-0.05, 0) is 6.92 Å². The zero-order chi connectivity index (χ0) is 14.9. The zero-order valence-electron chi connectivity index (χ0n) is 12.2. The summed E-state index contributed by atoms with van der Waals surface area (Å²) in [7, 11) is 4.66. The highest BCUT2D eigenvalue weighted by Crippen LogP contribution is 2.29. The van der Waals surface area contributed by atoms with Gasteiger partial charge in [-0.1, -0.05) is 0 Å². The predicted octanol–water partition coefficient (Wildman–Crippen LogP) is -0.196. The molecule has 20 heavy (non-hydrogen) atoms. The fraction of sp³-hybridized carbons (Fsp3) is 0.692. The molecule has 0 radical (unpaired) electrons. The summed E-state index contributed by atoms with van der Waals surface area (Å²) in [5.41, 5.74) is -0.181. The van der Waals surface area contributed by atoms with Crippen LogP contribution >= 0.6 is 0 Å². The van der Waals surface area contributed by atoms with E-state index < -0.39 is 11.9 Å². The second kappa shape index (κ2) is 5.90. The Morgan fingerprint density at radius 1 is 1.40 bits per heavy atom. The van der Waals surface area contributed by atoms with Gasteiger partial charge >= 0.3 is 5.69 Å². The number of nitrogens with zero attached hydrogens (tertiary/aromatic N) is 2. The van der Waals surface area contributed by atoms with E-state index in [0.29, 0.717) is 18.6 Å². The molecular weight excluding hydrogens is 264 g/mol. The lowest BCUT2D eigenvalue weighted by Gasteiger charge is -2.17. The molecule has 0 spiro atoms. The van der Waals surface area contributed by atoms with Gasteiger partial charge in [-0.3, -0.25) is 13.9 Å². The molecule has 3 atom stereocenters. The zero-order valence-corrected chi connectivity index (χ0v) is 12.2. The first-order chi connectivity index (χ1) is 9.49. The van der Waals surface area contributed by atoms with E-state index >= 15 is 0 Å². The van der Waals surface area contributed by atoms with E-state index in [0.717, 1.165) is 4.57 Å². The van der Waals surface area contributed by atoms with Crippen LogP contribution in [0.5, 0.6) is 0 Å². The SMILES string of the molecule is COC[C@H]1O[C@@H](n2cc(C)c(=O)n(C)c2=O)C[C@@H]1OC. The van der Waals surface area contributed by atoms with Crippen LogP contribution in [0, 0.1) is 6.92 Å². The van der Waals surface area contributed by atoms with Crippen LogP contribution in [0.15, 0.2) is 15.8 Å². The van der Waals surface area contributed by atoms with E-state index in [4.69, 9.17) is 14.2 Å². The number of aromatic nitrogens is 2. The van der Waals surface area contributed by atoms with Gasteiger partial charge in [0.1, 0.15) is 12.3 Å². The summed E-state index contributed by atoms with van der Waals surface area (Å²) in [5.74, 6) is 0. The van der Waals surface area contributed by atoms with E-state index in [2.05, 4.69) is 0 Å². The van der Waals surface area contributed by atoms with E-state index in [-0.39, 0.29) is 17.8 Å². The van der Waals surface area contributed by atoms with Gasteiger partial charge in [0.15, 0.2) is 0 Å². The molecule has 1 fully saturated rings. The van der Waals surface area contributed by atoms with E-state index in [9.17, 15) is 9.59 Å². The maximum Gasteiger partial charge on any atom is 0.332 e. The first kappa shape index (κ1) is 15.0. The number of hydrogen-bond acceptors (Lipinski definition) is 5. The summed E-state index contributed by atoms with van der Waals surface area (Å²) in [4.78, 5) is 23.9. The molecule has 0 unspecified atom stereocenters. The molecule has 0 amide bonds. The summed E-state index contributed by atoms with van der Waals surface area (Å²) in [6.45, 7) is 2.07. The van der Waals surface area contributed by atoms with Gasteiger partial charge in [0.05, 0.1) is 12.7 Å². The Morgan fingerprint density at radius 2 is 2.10 bits per heavy atom. The molecule has 0 aromatic carbocycles. The van der Waals surface area contributed by atoms with Crippen LogP contribution in [0.2, 0.25) is 0 Å². The Balaban J connectivity index is 2.34. The number of rotatable bonds is 4. The average molecular weight is 284 g/mol. The van der Waals surface area contributed by atoms with Crippen molar-refractivity contribution in [2.75, 3.05) is 20.8 Å². The second-order valence-electron chi connectivity index (χ2n) is 4.96. The topological polar surface area (TPSA) is 71.7 Å². The molecule has 0 N–H and O–H groups in total. The van der Waals surface area contributed by atoms with Crippen molar-refractivity contribution in [2.24, 2.45) is 7.05 Å². The van der Waals surface area contributed by atoms with Crippen LogP contribution < -0.4 is 11.2 Å². The van der Waals surface area contributed by atoms with Crippen molar-refractivity contribution in [3.05, 3.63) is 32.6 Å².